The number of sulfone groups is 1. The van der Waals surface area contributed by atoms with E-state index >= 15 is 0 Å². The summed E-state index contributed by atoms with van der Waals surface area (Å²) in [5.74, 6) is -0.775. The third-order valence-electron chi connectivity index (χ3n) is 5.74. The van der Waals surface area contributed by atoms with Crippen molar-refractivity contribution in [3.8, 4) is 5.75 Å². The average Bonchev–Trinajstić information content (AvgIpc) is 3.52. The molecule has 2 atom stereocenters. The lowest BCUT2D eigenvalue weighted by Gasteiger charge is -2.19. The molecule has 3 rings (SSSR count). The molecule has 6 nitrogen and oxygen atoms in total. The maximum absolute atomic E-state index is 14.0. The smallest absolute Gasteiger partial charge is 0.229 e. The van der Waals surface area contributed by atoms with Gasteiger partial charge in [-0.15, -0.1) is 0 Å². The fourth-order valence-corrected chi connectivity index (χ4v) is 5.20. The van der Waals surface area contributed by atoms with Gasteiger partial charge in [-0.05, 0) is 61.6 Å². The van der Waals surface area contributed by atoms with Crippen LogP contribution >= 0.6 is 0 Å². The van der Waals surface area contributed by atoms with Crippen molar-refractivity contribution < 1.29 is 27.1 Å². The molecule has 2 fully saturated rings. The second kappa shape index (κ2) is 10.4. The minimum atomic E-state index is -3.30. The number of hydrogen-bond acceptors (Lipinski definition) is 5. The van der Waals surface area contributed by atoms with E-state index in [9.17, 15) is 22.4 Å². The van der Waals surface area contributed by atoms with Gasteiger partial charge in [0.2, 0.25) is 11.8 Å². The number of amides is 2. The Morgan fingerprint density at radius 1 is 1.23 bits per heavy atom. The lowest BCUT2D eigenvalue weighted by Crippen LogP contribution is -2.40. The van der Waals surface area contributed by atoms with Crippen molar-refractivity contribution >= 4 is 21.7 Å². The normalized spacial score (nSPS) is 20.6. The van der Waals surface area contributed by atoms with Gasteiger partial charge in [0.05, 0.1) is 18.1 Å². The Hall–Kier alpha value is -2.22. The van der Waals surface area contributed by atoms with Crippen molar-refractivity contribution in [1.82, 2.24) is 5.32 Å². The predicted octanol–water partition coefficient (Wildman–Crippen LogP) is 3.52. The van der Waals surface area contributed by atoms with Crippen molar-refractivity contribution in [2.24, 2.45) is 11.8 Å². The van der Waals surface area contributed by atoms with Gasteiger partial charge in [0.15, 0.2) is 21.4 Å². The van der Waals surface area contributed by atoms with Gasteiger partial charge in [-0.2, -0.15) is 0 Å². The molecule has 0 radical (unpaired) electrons. The monoisotopic (exact) mass is 451 g/mol. The summed E-state index contributed by atoms with van der Waals surface area (Å²) >= 11 is 0. The molecule has 170 valence electrons. The molecule has 1 N–H and O–H groups in total. The zero-order chi connectivity index (χ0) is 22.4. The molecule has 2 amide bonds. The lowest BCUT2D eigenvalue weighted by molar-refractivity contribution is -0.136. The Bertz CT molecular complexity index is 939. The number of halogens is 1. The minimum absolute atomic E-state index is 0.00935. The van der Waals surface area contributed by atoms with Gasteiger partial charge in [0.1, 0.15) is 0 Å². The Morgan fingerprint density at radius 3 is 2.71 bits per heavy atom. The first-order valence-corrected chi connectivity index (χ1v) is 12.7. The molecule has 1 unspecified atom stereocenters. The molecule has 1 aliphatic heterocycles. The van der Waals surface area contributed by atoms with Crippen LogP contribution in [0.1, 0.15) is 56.9 Å². The van der Waals surface area contributed by atoms with E-state index in [0.717, 1.165) is 18.4 Å². The van der Waals surface area contributed by atoms with Crippen LogP contribution < -0.4 is 10.1 Å². The molecule has 1 aromatic rings. The second-order valence-corrected chi connectivity index (χ2v) is 10.8. The van der Waals surface area contributed by atoms with Crippen molar-refractivity contribution in [2.45, 2.75) is 51.4 Å². The number of carbonyl (C=O) groups excluding carboxylic acids is 2. The molecule has 0 aromatic heterocycles. The van der Waals surface area contributed by atoms with Gasteiger partial charge in [0, 0.05) is 12.3 Å². The number of ether oxygens (including phenoxy) is 1. The van der Waals surface area contributed by atoms with E-state index in [1.807, 2.05) is 13.0 Å². The summed E-state index contributed by atoms with van der Waals surface area (Å²) in [6.07, 6.45) is 7.52. The average molecular weight is 452 g/mol. The van der Waals surface area contributed by atoms with Crippen LogP contribution in [0.5, 0.6) is 5.75 Å². The largest absolute Gasteiger partial charge is 0.490 e. The molecule has 8 heteroatoms. The zero-order valence-electron chi connectivity index (χ0n) is 17.8. The van der Waals surface area contributed by atoms with E-state index in [-0.39, 0.29) is 40.9 Å². The molecule has 0 bridgehead atoms. The van der Waals surface area contributed by atoms with Crippen LogP contribution in [0.2, 0.25) is 0 Å². The van der Waals surface area contributed by atoms with Gasteiger partial charge in [-0.3, -0.25) is 14.9 Å². The van der Waals surface area contributed by atoms with E-state index in [2.05, 4.69) is 5.32 Å². The predicted molar refractivity (Wildman–Crippen MR) is 116 cm³/mol. The first-order chi connectivity index (χ1) is 14.7. The molecule has 31 heavy (non-hydrogen) atoms. The summed E-state index contributed by atoms with van der Waals surface area (Å²) in [6, 6.07) is 4.55. The van der Waals surface area contributed by atoms with Crippen molar-refractivity contribution in [1.29, 1.82) is 0 Å². The molecule has 1 saturated heterocycles. The number of allylic oxidation sites excluding steroid dienone is 2. The highest BCUT2D eigenvalue weighted by Gasteiger charge is 2.25. The summed E-state index contributed by atoms with van der Waals surface area (Å²) in [6.45, 7) is 2.31. The van der Waals surface area contributed by atoms with Crippen molar-refractivity contribution in [3.63, 3.8) is 0 Å². The van der Waals surface area contributed by atoms with Crippen LogP contribution in [0.15, 0.2) is 30.4 Å². The van der Waals surface area contributed by atoms with Gasteiger partial charge in [0.25, 0.3) is 0 Å². The SMILES string of the molecule is C[C@@H](CS(=O)(=O)CC/C=C/CC1CCC(=O)NC1=O)c1ccc(F)c(OCC2CC2)c1. The van der Waals surface area contributed by atoms with Crippen LogP contribution in [0.3, 0.4) is 0 Å². The Morgan fingerprint density at radius 2 is 2.00 bits per heavy atom. The van der Waals surface area contributed by atoms with E-state index < -0.39 is 15.7 Å². The van der Waals surface area contributed by atoms with Crippen molar-refractivity contribution in [3.05, 3.63) is 41.7 Å². The highest BCUT2D eigenvalue weighted by Crippen LogP contribution is 2.31. The van der Waals surface area contributed by atoms with Crippen LogP contribution in [-0.2, 0) is 19.4 Å². The fraction of sp³-hybridized carbons (Fsp3) is 0.565. The maximum atomic E-state index is 14.0. The molecule has 2 aliphatic rings. The maximum Gasteiger partial charge on any atom is 0.229 e. The second-order valence-electron chi connectivity index (χ2n) is 8.60. The number of piperidine rings is 1. The summed E-state index contributed by atoms with van der Waals surface area (Å²) in [7, 11) is -3.30. The molecule has 1 saturated carbocycles. The minimum Gasteiger partial charge on any atom is -0.490 e. The van der Waals surface area contributed by atoms with E-state index in [1.54, 1.807) is 18.2 Å². The van der Waals surface area contributed by atoms with Crippen LogP contribution in [0.4, 0.5) is 4.39 Å². The van der Waals surface area contributed by atoms with Crippen LogP contribution in [-0.4, -0.2) is 38.3 Å². The highest BCUT2D eigenvalue weighted by atomic mass is 32.2. The summed E-state index contributed by atoms with van der Waals surface area (Å²) in [4.78, 5) is 22.9. The third kappa shape index (κ3) is 7.45. The molecule has 0 spiro atoms. The lowest BCUT2D eigenvalue weighted by atomic mass is 9.95. The van der Waals surface area contributed by atoms with Gasteiger partial charge >= 0.3 is 0 Å². The van der Waals surface area contributed by atoms with Crippen LogP contribution in [0, 0.1) is 17.7 Å². The Balaban J connectivity index is 1.45. The number of rotatable bonds is 11. The Labute approximate surface area is 183 Å². The molecular formula is C23H30FNO5S. The van der Waals surface area contributed by atoms with E-state index in [0.29, 0.717) is 38.2 Å². The number of benzene rings is 1. The summed E-state index contributed by atoms with van der Waals surface area (Å²) < 4.78 is 44.5. The molecular weight excluding hydrogens is 421 g/mol. The highest BCUT2D eigenvalue weighted by molar-refractivity contribution is 7.91. The number of nitrogens with one attached hydrogen (secondary N) is 1. The molecule has 1 aliphatic carbocycles. The van der Waals surface area contributed by atoms with E-state index in [1.165, 1.54) is 6.07 Å². The number of imide groups is 1. The van der Waals surface area contributed by atoms with Crippen LogP contribution in [0.25, 0.3) is 0 Å². The fourth-order valence-electron chi connectivity index (χ4n) is 3.58. The molecule has 1 heterocycles. The topological polar surface area (TPSA) is 89.5 Å². The number of carbonyl (C=O) groups is 2. The summed E-state index contributed by atoms with van der Waals surface area (Å²) in [5.41, 5.74) is 0.740. The van der Waals surface area contributed by atoms with E-state index in [4.69, 9.17) is 4.74 Å². The summed E-state index contributed by atoms with van der Waals surface area (Å²) in [5, 5.41) is 2.32. The molecule has 1 aromatic carbocycles. The Kier molecular flexibility index (Phi) is 7.86. The first-order valence-electron chi connectivity index (χ1n) is 10.8. The van der Waals surface area contributed by atoms with Gasteiger partial charge in [-0.25, -0.2) is 12.8 Å². The van der Waals surface area contributed by atoms with Gasteiger partial charge < -0.3 is 4.74 Å². The standard InChI is InChI=1S/C23H30FNO5S/c1-16(19-8-10-20(24)21(13-19)30-14-17-6-7-17)15-31(28,29)12-4-2-3-5-18-9-11-22(26)25-23(18)27/h2-3,8,10,13,16-18H,4-7,9,11-12,14-15H2,1H3,(H,25,26,27)/b3-2+/t16-,18?/m0/s1. The third-order valence-corrected chi connectivity index (χ3v) is 7.60. The number of hydrogen-bond donors (Lipinski definition) is 1. The van der Waals surface area contributed by atoms with Crippen molar-refractivity contribution in [2.75, 3.05) is 18.1 Å². The zero-order valence-corrected chi connectivity index (χ0v) is 18.6. The first kappa shape index (κ1) is 23.4. The van der Waals surface area contributed by atoms with Gasteiger partial charge in [-0.1, -0.05) is 25.1 Å². The quantitative estimate of drug-likeness (QED) is 0.411.